The maximum absolute atomic E-state index is 13.0. The summed E-state index contributed by atoms with van der Waals surface area (Å²) in [5.74, 6) is 1.31. The third-order valence-corrected chi connectivity index (χ3v) is 6.39. The molecule has 0 radical (unpaired) electrons. The van der Waals surface area contributed by atoms with Crippen LogP contribution in [0.25, 0.3) is 15.7 Å². The molecule has 162 valence electrons. The molecular formula is C23H26N4O3S. The van der Waals surface area contributed by atoms with Gasteiger partial charge in [0.2, 0.25) is 5.91 Å². The normalized spacial score (nSPS) is 11.3. The molecule has 4 aromatic rings. The van der Waals surface area contributed by atoms with Gasteiger partial charge in [-0.15, -0.1) is 11.3 Å². The highest BCUT2D eigenvalue weighted by Crippen LogP contribution is 2.29. The number of benzene rings is 1. The van der Waals surface area contributed by atoms with Crippen LogP contribution in [-0.2, 0) is 30.7 Å². The Morgan fingerprint density at radius 3 is 2.55 bits per heavy atom. The molecule has 1 aromatic carbocycles. The first-order valence-electron chi connectivity index (χ1n) is 10.6. The Bertz CT molecular complexity index is 1280. The van der Waals surface area contributed by atoms with Crippen molar-refractivity contribution in [1.82, 2.24) is 19.5 Å². The molecule has 0 saturated carbocycles. The molecule has 7 nitrogen and oxygen atoms in total. The van der Waals surface area contributed by atoms with E-state index in [-0.39, 0.29) is 18.0 Å². The van der Waals surface area contributed by atoms with Gasteiger partial charge in [0.25, 0.3) is 5.56 Å². The Balaban J connectivity index is 1.54. The van der Waals surface area contributed by atoms with Crippen LogP contribution in [0, 0.1) is 0 Å². The van der Waals surface area contributed by atoms with E-state index < -0.39 is 0 Å². The molecule has 4 rings (SSSR count). The van der Waals surface area contributed by atoms with Gasteiger partial charge in [-0.2, -0.15) is 5.10 Å². The number of carbonyl (C=O) groups is 1. The zero-order valence-corrected chi connectivity index (χ0v) is 18.8. The first-order chi connectivity index (χ1) is 15.0. The Kier molecular flexibility index (Phi) is 6.08. The van der Waals surface area contributed by atoms with Gasteiger partial charge in [-0.1, -0.05) is 26.0 Å². The molecule has 1 N–H and O–H groups in total. The number of aryl methyl sites for hydroxylation is 2. The van der Waals surface area contributed by atoms with Crippen molar-refractivity contribution in [2.75, 3.05) is 6.61 Å². The monoisotopic (exact) mass is 438 g/mol. The summed E-state index contributed by atoms with van der Waals surface area (Å²) in [4.78, 5) is 26.8. The molecule has 0 unspecified atom stereocenters. The van der Waals surface area contributed by atoms with Gasteiger partial charge in [-0.25, -0.2) is 4.68 Å². The number of nitrogens with zero attached hydrogens (tertiary/aromatic N) is 3. The summed E-state index contributed by atoms with van der Waals surface area (Å²) in [6, 6.07) is 11.6. The fourth-order valence-electron chi connectivity index (χ4n) is 3.61. The van der Waals surface area contributed by atoms with E-state index in [1.54, 1.807) is 11.3 Å². The predicted molar refractivity (Wildman–Crippen MR) is 123 cm³/mol. The van der Waals surface area contributed by atoms with Crippen molar-refractivity contribution in [3.8, 4) is 5.75 Å². The molecule has 0 fully saturated rings. The molecule has 0 aliphatic carbocycles. The lowest BCUT2D eigenvalue weighted by Crippen LogP contribution is -2.35. The number of ether oxygens (including phenoxy) is 1. The predicted octanol–water partition coefficient (Wildman–Crippen LogP) is 3.55. The molecule has 0 aliphatic heterocycles. The summed E-state index contributed by atoms with van der Waals surface area (Å²) in [5, 5.41) is 7.36. The lowest BCUT2D eigenvalue weighted by Gasteiger charge is -2.11. The minimum Gasteiger partial charge on any atom is -0.494 e. The molecule has 0 spiro atoms. The summed E-state index contributed by atoms with van der Waals surface area (Å²) >= 11 is 1.70. The largest absolute Gasteiger partial charge is 0.494 e. The van der Waals surface area contributed by atoms with Gasteiger partial charge in [0.15, 0.2) is 0 Å². The lowest BCUT2D eigenvalue weighted by molar-refractivity contribution is -0.122. The fourth-order valence-corrected chi connectivity index (χ4v) is 4.64. The molecule has 0 bridgehead atoms. The molecule has 1 amide bonds. The summed E-state index contributed by atoms with van der Waals surface area (Å²) < 4.78 is 9.70. The lowest BCUT2D eigenvalue weighted by atomic mass is 10.2. The Hall–Kier alpha value is -3.13. The van der Waals surface area contributed by atoms with E-state index in [1.165, 1.54) is 9.56 Å². The van der Waals surface area contributed by atoms with Crippen LogP contribution < -0.4 is 15.6 Å². The van der Waals surface area contributed by atoms with Crippen LogP contribution >= 0.6 is 11.3 Å². The third kappa shape index (κ3) is 4.20. The van der Waals surface area contributed by atoms with Crippen LogP contribution in [0.15, 0.2) is 41.2 Å². The first-order valence-corrected chi connectivity index (χ1v) is 11.4. The molecule has 3 heterocycles. The van der Waals surface area contributed by atoms with Crippen molar-refractivity contribution in [2.45, 2.75) is 46.7 Å². The van der Waals surface area contributed by atoms with Crippen molar-refractivity contribution >= 4 is 33.0 Å². The fraction of sp³-hybridized carbons (Fsp3) is 0.348. The smallest absolute Gasteiger partial charge is 0.291 e. The molecule has 0 saturated heterocycles. The van der Waals surface area contributed by atoms with Crippen LogP contribution in [0.5, 0.6) is 5.75 Å². The van der Waals surface area contributed by atoms with Gasteiger partial charge in [-0.3, -0.25) is 14.0 Å². The van der Waals surface area contributed by atoms with Crippen molar-refractivity contribution in [3.63, 3.8) is 0 Å². The van der Waals surface area contributed by atoms with Crippen LogP contribution in [0.1, 0.15) is 37.0 Å². The molecule has 31 heavy (non-hydrogen) atoms. The van der Waals surface area contributed by atoms with Gasteiger partial charge in [-0.05, 0) is 43.2 Å². The summed E-state index contributed by atoms with van der Waals surface area (Å²) in [6.07, 6.45) is 1.62. The highest BCUT2D eigenvalue weighted by Gasteiger charge is 2.17. The van der Waals surface area contributed by atoms with Gasteiger partial charge in [0.1, 0.15) is 23.6 Å². The molecule has 8 heteroatoms. The van der Waals surface area contributed by atoms with E-state index in [1.807, 2.05) is 48.6 Å². The average molecular weight is 439 g/mol. The number of hydrogen-bond acceptors (Lipinski definition) is 5. The molecule has 3 aromatic heterocycles. The maximum atomic E-state index is 13.0. The quantitative estimate of drug-likeness (QED) is 0.456. The standard InChI is InChI=1S/C23H26N4O3S/c1-4-17-11-18-20(31-17)12-19-23(29)26(25-21(5-2)27(18)19)14-22(28)24-13-15-7-9-16(10-8-15)30-6-3/h7-12H,4-6,13-14H2,1-3H3,(H,24,28). The number of carbonyl (C=O) groups excluding carboxylic acids is 1. The van der Waals surface area contributed by atoms with E-state index in [2.05, 4.69) is 23.4 Å². The van der Waals surface area contributed by atoms with Crippen LogP contribution in [0.3, 0.4) is 0 Å². The van der Waals surface area contributed by atoms with Gasteiger partial charge >= 0.3 is 0 Å². The molecular weight excluding hydrogens is 412 g/mol. The van der Waals surface area contributed by atoms with Crippen molar-refractivity contribution in [1.29, 1.82) is 0 Å². The van der Waals surface area contributed by atoms with Crippen molar-refractivity contribution in [2.24, 2.45) is 0 Å². The van der Waals surface area contributed by atoms with E-state index >= 15 is 0 Å². The molecule has 0 atom stereocenters. The highest BCUT2D eigenvalue weighted by atomic mass is 32.1. The Labute approximate surface area is 184 Å². The van der Waals surface area contributed by atoms with Crippen molar-refractivity contribution < 1.29 is 9.53 Å². The topological polar surface area (TPSA) is 77.6 Å². The summed E-state index contributed by atoms with van der Waals surface area (Å²) in [5.41, 5.74) is 2.29. The van der Waals surface area contributed by atoms with Gasteiger partial charge < -0.3 is 10.1 Å². The summed E-state index contributed by atoms with van der Waals surface area (Å²) in [7, 11) is 0. The van der Waals surface area contributed by atoms with Crippen molar-refractivity contribution in [3.05, 3.63) is 63.0 Å². The number of thiophene rings is 1. The Morgan fingerprint density at radius 1 is 1.10 bits per heavy atom. The van der Waals surface area contributed by atoms with Crippen LogP contribution in [-0.4, -0.2) is 26.7 Å². The van der Waals surface area contributed by atoms with Crippen LogP contribution in [0.4, 0.5) is 0 Å². The van der Waals surface area contributed by atoms with E-state index in [9.17, 15) is 9.59 Å². The number of hydrogen-bond donors (Lipinski definition) is 1. The zero-order valence-electron chi connectivity index (χ0n) is 18.0. The Morgan fingerprint density at radius 2 is 1.87 bits per heavy atom. The van der Waals surface area contributed by atoms with Gasteiger partial charge in [0.05, 0.1) is 16.8 Å². The number of amides is 1. The number of aromatic nitrogens is 3. The van der Waals surface area contributed by atoms with Gasteiger partial charge in [0, 0.05) is 17.8 Å². The highest BCUT2D eigenvalue weighted by molar-refractivity contribution is 7.19. The zero-order chi connectivity index (χ0) is 22.0. The summed E-state index contributed by atoms with van der Waals surface area (Å²) in [6.45, 7) is 6.94. The van der Waals surface area contributed by atoms with Crippen LogP contribution in [0.2, 0.25) is 0 Å². The van der Waals surface area contributed by atoms with E-state index in [0.717, 1.165) is 33.8 Å². The molecule has 0 aliphatic rings. The van der Waals surface area contributed by atoms with E-state index in [4.69, 9.17) is 4.74 Å². The minimum absolute atomic E-state index is 0.113. The number of fused-ring (bicyclic) bond motifs is 3. The number of nitrogens with one attached hydrogen (secondary N) is 1. The minimum atomic E-state index is -0.255. The second-order valence-electron chi connectivity index (χ2n) is 7.27. The van der Waals surface area contributed by atoms with E-state index in [0.29, 0.717) is 25.1 Å². The second kappa shape index (κ2) is 8.93. The average Bonchev–Trinajstić information content (AvgIpc) is 3.33. The second-order valence-corrected chi connectivity index (χ2v) is 8.44. The third-order valence-electron chi connectivity index (χ3n) is 5.17. The number of rotatable bonds is 8. The maximum Gasteiger partial charge on any atom is 0.291 e. The first kappa shape index (κ1) is 21.1. The SMILES string of the molecule is CCOc1ccc(CNC(=O)Cn2nc(CC)n3c(cc4sc(CC)cc43)c2=O)cc1.